The van der Waals surface area contributed by atoms with Gasteiger partial charge >= 0.3 is 0 Å². The zero-order valence-corrected chi connectivity index (χ0v) is 28.1. The van der Waals surface area contributed by atoms with Gasteiger partial charge in [0.1, 0.15) is 0 Å². The Morgan fingerprint density at radius 2 is 1.13 bits per heavy atom. The molecule has 0 aromatic heterocycles. The average molecular weight is 556 g/mol. The molecule has 6 aliphatic rings. The molecule has 1 spiro atoms. The Bertz CT molecular complexity index is 875. The molecule has 2 heterocycles. The second-order valence-corrected chi connectivity index (χ2v) is 18.2. The highest BCUT2D eigenvalue weighted by Gasteiger charge is 2.85. The molecular formula is C37H65NS. The fraction of sp³-hybridized carbons (Fsp3) is 1.00. The van der Waals surface area contributed by atoms with Gasteiger partial charge in [-0.2, -0.15) is 0 Å². The maximum absolute atomic E-state index is 3.35. The predicted molar refractivity (Wildman–Crippen MR) is 171 cm³/mol. The van der Waals surface area contributed by atoms with Crippen LogP contribution in [0.2, 0.25) is 0 Å². The Morgan fingerprint density at radius 1 is 0.641 bits per heavy atom. The fourth-order valence-corrected chi connectivity index (χ4v) is 15.3. The smallest absolute Gasteiger partial charge is 0.0389 e. The van der Waals surface area contributed by atoms with Crippen molar-refractivity contribution in [1.29, 1.82) is 0 Å². The SMILES string of the molecule is CCC1(C)C2CCCCCC2C2(C)N(SC3CCCCCC3)C1(C)CC1CCCCCCC1C21C(C)C1(C)C. The first-order chi connectivity index (χ1) is 18.6. The number of rotatable bonds is 3. The lowest BCUT2D eigenvalue weighted by Crippen LogP contribution is -2.75. The van der Waals surface area contributed by atoms with Gasteiger partial charge in [-0.05, 0) is 99.2 Å². The Kier molecular flexibility index (Phi) is 7.90. The Labute approximate surface area is 248 Å². The molecule has 0 aromatic rings. The minimum atomic E-state index is 0.295. The van der Waals surface area contributed by atoms with Crippen molar-refractivity contribution in [2.75, 3.05) is 0 Å². The molecule has 1 nitrogen and oxygen atoms in total. The third kappa shape index (κ3) is 3.93. The van der Waals surface area contributed by atoms with Crippen LogP contribution in [0.15, 0.2) is 0 Å². The molecule has 0 amide bonds. The van der Waals surface area contributed by atoms with Gasteiger partial charge in [0.05, 0.1) is 0 Å². The van der Waals surface area contributed by atoms with E-state index in [0.29, 0.717) is 27.3 Å². The number of hydrogen-bond acceptors (Lipinski definition) is 2. The zero-order valence-electron chi connectivity index (χ0n) is 27.3. The van der Waals surface area contributed by atoms with Crippen molar-refractivity contribution >= 4 is 11.9 Å². The first-order valence-electron chi connectivity index (χ1n) is 18.1. The fourth-order valence-electron chi connectivity index (χ4n) is 13.4. The predicted octanol–water partition coefficient (Wildman–Crippen LogP) is 11.5. The molecule has 6 fully saturated rings. The first-order valence-corrected chi connectivity index (χ1v) is 18.9. The highest BCUT2D eigenvalue weighted by Crippen LogP contribution is 2.86. The first kappa shape index (κ1) is 29.4. The minimum absolute atomic E-state index is 0.295. The van der Waals surface area contributed by atoms with Crippen LogP contribution < -0.4 is 0 Å². The number of nitrogens with zero attached hydrogens (tertiary/aromatic N) is 1. The van der Waals surface area contributed by atoms with Crippen molar-refractivity contribution in [3.63, 3.8) is 0 Å². The van der Waals surface area contributed by atoms with Crippen LogP contribution in [-0.4, -0.2) is 20.6 Å². The molecule has 4 aliphatic carbocycles. The summed E-state index contributed by atoms with van der Waals surface area (Å²) < 4.78 is 3.35. The summed E-state index contributed by atoms with van der Waals surface area (Å²) >= 11 is 2.47. The van der Waals surface area contributed by atoms with Crippen LogP contribution >= 0.6 is 11.9 Å². The Balaban J connectivity index is 1.59. The van der Waals surface area contributed by atoms with Gasteiger partial charge in [-0.3, -0.25) is 0 Å². The van der Waals surface area contributed by atoms with Gasteiger partial charge in [0, 0.05) is 21.7 Å². The third-order valence-electron chi connectivity index (χ3n) is 15.7. The summed E-state index contributed by atoms with van der Waals surface area (Å²) in [6, 6.07) is 0. The van der Waals surface area contributed by atoms with Gasteiger partial charge in [0.25, 0.3) is 0 Å². The molecule has 0 radical (unpaired) electrons. The van der Waals surface area contributed by atoms with E-state index in [9.17, 15) is 0 Å². The molecule has 0 aromatic carbocycles. The molecule has 6 rings (SSSR count). The van der Waals surface area contributed by atoms with Crippen molar-refractivity contribution in [1.82, 2.24) is 4.31 Å². The molecule has 4 saturated carbocycles. The monoisotopic (exact) mass is 555 g/mol. The van der Waals surface area contributed by atoms with E-state index in [2.05, 4.69) is 64.7 Å². The topological polar surface area (TPSA) is 3.24 Å². The van der Waals surface area contributed by atoms with Gasteiger partial charge in [-0.15, -0.1) is 0 Å². The highest BCUT2D eigenvalue weighted by molar-refractivity contribution is 7.97. The van der Waals surface area contributed by atoms with Gasteiger partial charge < -0.3 is 0 Å². The van der Waals surface area contributed by atoms with Gasteiger partial charge in [-0.1, -0.05) is 124 Å². The van der Waals surface area contributed by atoms with E-state index in [1.807, 2.05) is 0 Å². The molecule has 0 N–H and O–H groups in total. The van der Waals surface area contributed by atoms with Crippen molar-refractivity contribution < 1.29 is 0 Å². The molecule has 39 heavy (non-hydrogen) atoms. The lowest BCUT2D eigenvalue weighted by molar-refractivity contribution is -0.177. The number of piperidine rings is 1. The summed E-state index contributed by atoms with van der Waals surface area (Å²) in [6.45, 7) is 19.4. The molecule has 2 bridgehead atoms. The molecule has 224 valence electrons. The van der Waals surface area contributed by atoms with E-state index in [0.717, 1.165) is 34.8 Å². The normalized spacial score (nSPS) is 51.0. The molecule has 2 aliphatic heterocycles. The quantitative estimate of drug-likeness (QED) is 0.252. The highest BCUT2D eigenvalue weighted by atomic mass is 32.2. The summed E-state index contributed by atoms with van der Waals surface area (Å²) in [5.74, 6) is 4.46. The summed E-state index contributed by atoms with van der Waals surface area (Å²) in [4.78, 5) is 0. The molecule has 9 atom stereocenters. The van der Waals surface area contributed by atoms with Crippen molar-refractivity contribution in [3.8, 4) is 0 Å². The maximum Gasteiger partial charge on any atom is 0.0389 e. The lowest BCUT2D eigenvalue weighted by atomic mass is 9.48. The van der Waals surface area contributed by atoms with E-state index >= 15 is 0 Å². The van der Waals surface area contributed by atoms with Gasteiger partial charge in [0.2, 0.25) is 0 Å². The van der Waals surface area contributed by atoms with Crippen molar-refractivity contribution in [3.05, 3.63) is 0 Å². The second kappa shape index (κ2) is 10.5. The summed E-state index contributed by atoms with van der Waals surface area (Å²) in [6.07, 6.45) is 28.1. The largest absolute Gasteiger partial charge is 0.237 e. The molecule has 2 saturated heterocycles. The summed E-state index contributed by atoms with van der Waals surface area (Å²) in [7, 11) is 0. The zero-order chi connectivity index (χ0) is 27.7. The van der Waals surface area contributed by atoms with Crippen LogP contribution in [0.25, 0.3) is 0 Å². The molecule has 2 heteroatoms. The van der Waals surface area contributed by atoms with Crippen molar-refractivity contribution in [2.24, 2.45) is 45.8 Å². The lowest BCUT2D eigenvalue weighted by Gasteiger charge is -2.71. The number of hydrogen-bond donors (Lipinski definition) is 0. The van der Waals surface area contributed by atoms with E-state index in [1.54, 1.807) is 0 Å². The van der Waals surface area contributed by atoms with Crippen LogP contribution in [0.5, 0.6) is 0 Å². The van der Waals surface area contributed by atoms with E-state index < -0.39 is 0 Å². The third-order valence-corrected chi connectivity index (χ3v) is 17.5. The average Bonchev–Trinajstić information content (AvgIpc) is 3.56. The van der Waals surface area contributed by atoms with Crippen molar-refractivity contribution in [2.45, 2.75) is 187 Å². The Hall–Kier alpha value is 0.310. The van der Waals surface area contributed by atoms with Crippen LogP contribution in [0.4, 0.5) is 0 Å². The van der Waals surface area contributed by atoms with Gasteiger partial charge in [0.15, 0.2) is 0 Å². The second-order valence-electron chi connectivity index (χ2n) is 16.9. The van der Waals surface area contributed by atoms with Crippen LogP contribution in [-0.2, 0) is 0 Å². The van der Waals surface area contributed by atoms with Crippen LogP contribution in [0.1, 0.15) is 170 Å². The van der Waals surface area contributed by atoms with E-state index in [4.69, 9.17) is 0 Å². The van der Waals surface area contributed by atoms with Crippen LogP contribution in [0.3, 0.4) is 0 Å². The summed E-state index contributed by atoms with van der Waals surface area (Å²) in [5, 5.41) is 0.842. The minimum Gasteiger partial charge on any atom is -0.237 e. The molecular weight excluding hydrogens is 490 g/mol. The number of fused-ring (bicyclic) bond motifs is 7. The van der Waals surface area contributed by atoms with E-state index in [-0.39, 0.29) is 0 Å². The molecule has 9 unspecified atom stereocenters. The Morgan fingerprint density at radius 3 is 1.69 bits per heavy atom. The van der Waals surface area contributed by atoms with E-state index in [1.165, 1.54) is 122 Å². The standard InChI is InChI=1S/C37H65NS/c1-8-34(5)31-24-18-13-19-25-32(31)36(7)37(27(2)33(37,3)4)30-23-17-12-9-14-20-28(30)26-35(34,6)38(36)39-29-21-15-10-11-16-22-29/h27-32H,8-26H2,1-7H3. The summed E-state index contributed by atoms with van der Waals surface area (Å²) in [5.41, 5.74) is 1.95. The van der Waals surface area contributed by atoms with Gasteiger partial charge in [-0.25, -0.2) is 4.31 Å². The van der Waals surface area contributed by atoms with Crippen LogP contribution in [0, 0.1) is 45.8 Å². The maximum atomic E-state index is 3.35.